The highest BCUT2D eigenvalue weighted by molar-refractivity contribution is 6.33. The Bertz CT molecular complexity index is 523. The summed E-state index contributed by atoms with van der Waals surface area (Å²) in [5, 5.41) is 10.0. The lowest BCUT2D eigenvalue weighted by Gasteiger charge is -2.11. The van der Waals surface area contributed by atoms with Gasteiger partial charge in [0.1, 0.15) is 0 Å². The Labute approximate surface area is 107 Å². The molecule has 0 fully saturated rings. The molecule has 0 aliphatic carbocycles. The molecular weight excluding hydrogens is 232 g/mol. The zero-order valence-electron chi connectivity index (χ0n) is 10.00. The summed E-state index contributed by atoms with van der Waals surface area (Å²) in [6.07, 6.45) is 0. The Kier molecular flexibility index (Phi) is 3.51. The van der Waals surface area contributed by atoms with Crippen LogP contribution in [0, 0.1) is 13.8 Å². The van der Waals surface area contributed by atoms with Gasteiger partial charge in [-0.1, -0.05) is 41.9 Å². The van der Waals surface area contributed by atoms with E-state index in [0.29, 0.717) is 0 Å². The van der Waals surface area contributed by atoms with Crippen LogP contribution in [-0.2, 0) is 6.61 Å². The summed E-state index contributed by atoms with van der Waals surface area (Å²) in [6.45, 7) is 4.11. The van der Waals surface area contributed by atoms with E-state index in [2.05, 4.69) is 12.1 Å². The lowest BCUT2D eigenvalue weighted by atomic mass is 9.96. The SMILES string of the molecule is Cc1cc(-c2ccccc2Cl)cc(C)c1CO. The molecular formula is C15H15ClO. The Morgan fingerprint density at radius 3 is 2.18 bits per heavy atom. The minimum atomic E-state index is 0.0838. The topological polar surface area (TPSA) is 20.2 Å². The summed E-state index contributed by atoms with van der Waals surface area (Å²) in [4.78, 5) is 0. The van der Waals surface area contributed by atoms with Gasteiger partial charge in [-0.3, -0.25) is 0 Å². The third-order valence-electron chi connectivity index (χ3n) is 3.04. The van der Waals surface area contributed by atoms with Crippen molar-refractivity contribution < 1.29 is 5.11 Å². The third-order valence-corrected chi connectivity index (χ3v) is 3.37. The molecule has 0 saturated heterocycles. The molecule has 0 radical (unpaired) electrons. The highest BCUT2D eigenvalue weighted by Crippen LogP contribution is 2.30. The third kappa shape index (κ3) is 2.36. The number of rotatable bonds is 2. The maximum absolute atomic E-state index is 9.29. The second-order valence-corrected chi connectivity index (χ2v) is 4.63. The summed E-state index contributed by atoms with van der Waals surface area (Å²) in [5.41, 5.74) is 5.33. The van der Waals surface area contributed by atoms with Gasteiger partial charge in [-0.2, -0.15) is 0 Å². The Hall–Kier alpha value is -1.31. The van der Waals surface area contributed by atoms with Gasteiger partial charge in [0.25, 0.3) is 0 Å². The van der Waals surface area contributed by atoms with Crippen molar-refractivity contribution in [1.82, 2.24) is 0 Å². The van der Waals surface area contributed by atoms with E-state index in [1.54, 1.807) is 0 Å². The summed E-state index contributed by atoms with van der Waals surface area (Å²) in [5.74, 6) is 0. The first-order chi connectivity index (χ1) is 8.13. The van der Waals surface area contributed by atoms with Crippen LogP contribution in [0.1, 0.15) is 16.7 Å². The van der Waals surface area contributed by atoms with E-state index in [4.69, 9.17) is 11.6 Å². The number of hydrogen-bond donors (Lipinski definition) is 1. The average molecular weight is 247 g/mol. The van der Waals surface area contributed by atoms with E-state index in [1.165, 1.54) is 0 Å². The summed E-state index contributed by atoms with van der Waals surface area (Å²) >= 11 is 6.19. The van der Waals surface area contributed by atoms with Gasteiger partial charge < -0.3 is 5.11 Å². The van der Waals surface area contributed by atoms with Crippen molar-refractivity contribution in [2.24, 2.45) is 0 Å². The van der Waals surface area contributed by atoms with E-state index in [0.717, 1.165) is 32.8 Å². The molecule has 17 heavy (non-hydrogen) atoms. The molecule has 0 unspecified atom stereocenters. The van der Waals surface area contributed by atoms with E-state index in [1.807, 2.05) is 38.1 Å². The first-order valence-electron chi connectivity index (χ1n) is 5.59. The van der Waals surface area contributed by atoms with E-state index < -0.39 is 0 Å². The Morgan fingerprint density at radius 1 is 1.06 bits per heavy atom. The van der Waals surface area contributed by atoms with Gasteiger partial charge in [0.2, 0.25) is 0 Å². The molecule has 0 spiro atoms. The molecule has 2 heteroatoms. The highest BCUT2D eigenvalue weighted by Gasteiger charge is 2.07. The van der Waals surface area contributed by atoms with Crippen molar-refractivity contribution in [2.75, 3.05) is 0 Å². The van der Waals surface area contributed by atoms with Gasteiger partial charge in [0.15, 0.2) is 0 Å². The lowest BCUT2D eigenvalue weighted by Crippen LogP contribution is -1.94. The normalized spacial score (nSPS) is 10.6. The van der Waals surface area contributed by atoms with E-state index >= 15 is 0 Å². The molecule has 2 aromatic rings. The molecule has 0 saturated carbocycles. The maximum Gasteiger partial charge on any atom is 0.0686 e. The van der Waals surface area contributed by atoms with Gasteiger partial charge in [-0.25, -0.2) is 0 Å². The largest absolute Gasteiger partial charge is 0.392 e. The molecule has 1 nitrogen and oxygen atoms in total. The quantitative estimate of drug-likeness (QED) is 0.845. The molecule has 2 rings (SSSR count). The van der Waals surface area contributed by atoms with Crippen molar-refractivity contribution in [3.63, 3.8) is 0 Å². The first kappa shape index (κ1) is 12.2. The summed E-state index contributed by atoms with van der Waals surface area (Å²) < 4.78 is 0. The van der Waals surface area contributed by atoms with Crippen LogP contribution in [0.5, 0.6) is 0 Å². The molecule has 0 atom stereocenters. The number of aryl methyl sites for hydroxylation is 2. The first-order valence-corrected chi connectivity index (χ1v) is 5.97. The van der Waals surface area contributed by atoms with Crippen LogP contribution in [0.3, 0.4) is 0 Å². The fourth-order valence-corrected chi connectivity index (χ4v) is 2.34. The summed E-state index contributed by atoms with van der Waals surface area (Å²) in [6, 6.07) is 11.9. The zero-order valence-corrected chi connectivity index (χ0v) is 10.8. The van der Waals surface area contributed by atoms with Gasteiger partial charge in [-0.15, -0.1) is 0 Å². The predicted octanol–water partition coefficient (Wildman–Crippen LogP) is 4.12. The molecule has 0 amide bonds. The lowest BCUT2D eigenvalue weighted by molar-refractivity contribution is 0.280. The van der Waals surface area contributed by atoms with Gasteiger partial charge in [-0.05, 0) is 42.2 Å². The maximum atomic E-state index is 9.29. The minimum absolute atomic E-state index is 0.0838. The van der Waals surface area contributed by atoms with Crippen LogP contribution in [-0.4, -0.2) is 5.11 Å². The number of aliphatic hydroxyl groups is 1. The van der Waals surface area contributed by atoms with Crippen LogP contribution in [0.2, 0.25) is 5.02 Å². The van der Waals surface area contributed by atoms with Crippen LogP contribution in [0.15, 0.2) is 36.4 Å². The van der Waals surface area contributed by atoms with E-state index in [-0.39, 0.29) is 6.61 Å². The zero-order chi connectivity index (χ0) is 12.4. The number of aliphatic hydroxyl groups excluding tert-OH is 1. The molecule has 1 N–H and O–H groups in total. The monoisotopic (exact) mass is 246 g/mol. The van der Waals surface area contributed by atoms with Gasteiger partial charge in [0.05, 0.1) is 6.61 Å². The molecule has 0 heterocycles. The Morgan fingerprint density at radius 2 is 1.65 bits per heavy atom. The average Bonchev–Trinajstić information content (AvgIpc) is 2.29. The number of halogens is 1. The molecule has 0 aliphatic rings. The standard InChI is InChI=1S/C15H15ClO/c1-10-7-12(8-11(2)14(10)9-17)13-5-3-4-6-15(13)16/h3-8,17H,9H2,1-2H3. The van der Waals surface area contributed by atoms with Gasteiger partial charge in [0, 0.05) is 10.6 Å². The summed E-state index contributed by atoms with van der Waals surface area (Å²) in [7, 11) is 0. The smallest absolute Gasteiger partial charge is 0.0686 e. The second-order valence-electron chi connectivity index (χ2n) is 4.23. The van der Waals surface area contributed by atoms with E-state index in [9.17, 15) is 5.11 Å². The number of hydrogen-bond acceptors (Lipinski definition) is 1. The Balaban J connectivity index is 2.59. The van der Waals surface area contributed by atoms with Crippen molar-refractivity contribution in [3.8, 4) is 11.1 Å². The molecule has 2 aromatic carbocycles. The predicted molar refractivity (Wildman–Crippen MR) is 72.3 cm³/mol. The molecule has 0 bridgehead atoms. The van der Waals surface area contributed by atoms with Crippen LogP contribution in [0.4, 0.5) is 0 Å². The second kappa shape index (κ2) is 4.91. The highest BCUT2D eigenvalue weighted by atomic mass is 35.5. The van der Waals surface area contributed by atoms with Crippen molar-refractivity contribution in [2.45, 2.75) is 20.5 Å². The molecule has 0 aromatic heterocycles. The molecule has 0 aliphatic heterocycles. The molecule has 88 valence electrons. The fourth-order valence-electron chi connectivity index (χ4n) is 2.09. The van der Waals surface area contributed by atoms with Crippen molar-refractivity contribution in [1.29, 1.82) is 0 Å². The minimum Gasteiger partial charge on any atom is -0.392 e. The van der Waals surface area contributed by atoms with Gasteiger partial charge >= 0.3 is 0 Å². The van der Waals surface area contributed by atoms with Crippen molar-refractivity contribution in [3.05, 3.63) is 58.1 Å². The number of benzene rings is 2. The van der Waals surface area contributed by atoms with Crippen LogP contribution >= 0.6 is 11.6 Å². The van der Waals surface area contributed by atoms with Crippen LogP contribution < -0.4 is 0 Å². The fraction of sp³-hybridized carbons (Fsp3) is 0.200. The van der Waals surface area contributed by atoms with Crippen LogP contribution in [0.25, 0.3) is 11.1 Å². The van der Waals surface area contributed by atoms with Crippen molar-refractivity contribution >= 4 is 11.6 Å².